The molecule has 0 fully saturated rings. The summed E-state index contributed by atoms with van der Waals surface area (Å²) in [5.41, 5.74) is 0.993. The van der Waals surface area contributed by atoms with Gasteiger partial charge in [-0.3, -0.25) is 9.59 Å². The van der Waals surface area contributed by atoms with Crippen LogP contribution in [0.1, 0.15) is 47.5 Å². The van der Waals surface area contributed by atoms with Crippen LogP contribution in [0.15, 0.2) is 11.6 Å². The fraction of sp³-hybridized carbons (Fsp3) is 0.692. The van der Waals surface area contributed by atoms with Gasteiger partial charge in [0.2, 0.25) is 0 Å². The molecule has 17 heavy (non-hydrogen) atoms. The summed E-state index contributed by atoms with van der Waals surface area (Å²) in [7, 11) is 0. The minimum Gasteiger partial charge on any atom is -0.419 e. The molecular formula is C13H20O4. The van der Waals surface area contributed by atoms with Crippen molar-refractivity contribution in [1.82, 2.24) is 0 Å². The van der Waals surface area contributed by atoms with E-state index in [-0.39, 0.29) is 5.41 Å². The van der Waals surface area contributed by atoms with Crippen LogP contribution in [-0.2, 0) is 19.1 Å². The van der Waals surface area contributed by atoms with Gasteiger partial charge in [0.1, 0.15) is 0 Å². The van der Waals surface area contributed by atoms with Crippen LogP contribution in [0.4, 0.5) is 0 Å². The highest BCUT2D eigenvalue weighted by molar-refractivity contribution is 5.69. The molecule has 0 saturated carbocycles. The van der Waals surface area contributed by atoms with E-state index in [4.69, 9.17) is 9.47 Å². The molecule has 0 aliphatic heterocycles. The third kappa shape index (κ3) is 3.88. The van der Waals surface area contributed by atoms with E-state index in [0.717, 1.165) is 12.0 Å². The number of ether oxygens (including phenoxy) is 2. The lowest BCUT2D eigenvalue weighted by Gasteiger charge is -2.40. The van der Waals surface area contributed by atoms with Gasteiger partial charge >= 0.3 is 11.9 Å². The van der Waals surface area contributed by atoms with Crippen molar-refractivity contribution in [2.45, 2.75) is 53.2 Å². The van der Waals surface area contributed by atoms with Gasteiger partial charge in [-0.05, 0) is 24.8 Å². The minimum absolute atomic E-state index is 0.0657. The summed E-state index contributed by atoms with van der Waals surface area (Å²) < 4.78 is 10.5. The van der Waals surface area contributed by atoms with Crippen LogP contribution >= 0.6 is 0 Å². The SMILES string of the molecule is CC(=O)OC1(OC(C)=O)C=C(C)CC(C)(C)C1. The van der Waals surface area contributed by atoms with E-state index in [1.165, 1.54) is 13.8 Å². The Balaban J connectivity index is 3.08. The van der Waals surface area contributed by atoms with Crippen molar-refractivity contribution in [3.05, 3.63) is 11.6 Å². The Labute approximate surface area is 102 Å². The minimum atomic E-state index is -1.23. The molecule has 4 nitrogen and oxygen atoms in total. The molecule has 0 unspecified atom stereocenters. The van der Waals surface area contributed by atoms with Gasteiger partial charge in [0.15, 0.2) is 0 Å². The van der Waals surface area contributed by atoms with Crippen molar-refractivity contribution in [3.63, 3.8) is 0 Å². The Kier molecular flexibility index (Phi) is 3.65. The standard InChI is InChI=1S/C13H20O4/c1-9-6-12(4,5)8-13(7-9,16-10(2)14)17-11(3)15/h7H,6,8H2,1-5H3. The molecule has 0 aromatic rings. The van der Waals surface area contributed by atoms with Crippen molar-refractivity contribution in [2.24, 2.45) is 5.41 Å². The van der Waals surface area contributed by atoms with Crippen LogP contribution in [0.25, 0.3) is 0 Å². The number of esters is 2. The predicted octanol–water partition coefficient (Wildman–Crippen LogP) is 2.58. The Bertz CT molecular complexity index is 350. The summed E-state index contributed by atoms with van der Waals surface area (Å²) in [4.78, 5) is 22.3. The summed E-state index contributed by atoms with van der Waals surface area (Å²) in [6, 6.07) is 0. The van der Waals surface area contributed by atoms with Crippen molar-refractivity contribution < 1.29 is 19.1 Å². The third-order valence-corrected chi connectivity index (χ3v) is 2.58. The number of carbonyl (C=O) groups is 2. The van der Waals surface area contributed by atoms with Crippen molar-refractivity contribution in [1.29, 1.82) is 0 Å². The van der Waals surface area contributed by atoms with E-state index in [2.05, 4.69) is 13.8 Å². The number of carbonyl (C=O) groups excluding carboxylic acids is 2. The molecule has 0 bridgehead atoms. The Hall–Kier alpha value is -1.32. The van der Waals surface area contributed by atoms with Gasteiger partial charge in [0.05, 0.1) is 0 Å². The van der Waals surface area contributed by atoms with E-state index in [1.807, 2.05) is 6.92 Å². The molecule has 0 amide bonds. The van der Waals surface area contributed by atoms with Gasteiger partial charge < -0.3 is 9.47 Å². The van der Waals surface area contributed by atoms with Gasteiger partial charge in [0, 0.05) is 20.3 Å². The van der Waals surface area contributed by atoms with Gasteiger partial charge in [-0.15, -0.1) is 0 Å². The average molecular weight is 240 g/mol. The lowest BCUT2D eigenvalue weighted by molar-refractivity contribution is -0.219. The number of allylic oxidation sites excluding steroid dienone is 1. The Morgan fingerprint density at radius 2 is 1.65 bits per heavy atom. The largest absolute Gasteiger partial charge is 0.419 e. The van der Waals surface area contributed by atoms with Gasteiger partial charge in [-0.25, -0.2) is 0 Å². The first-order valence-corrected chi connectivity index (χ1v) is 5.72. The van der Waals surface area contributed by atoms with Gasteiger partial charge in [0.25, 0.3) is 5.79 Å². The molecule has 1 aliphatic carbocycles. The third-order valence-electron chi connectivity index (χ3n) is 2.58. The number of hydrogen-bond acceptors (Lipinski definition) is 4. The molecular weight excluding hydrogens is 220 g/mol. The van der Waals surface area contributed by atoms with Crippen molar-refractivity contribution in [2.75, 3.05) is 0 Å². The second kappa shape index (κ2) is 4.51. The van der Waals surface area contributed by atoms with E-state index in [0.29, 0.717) is 6.42 Å². The maximum absolute atomic E-state index is 11.2. The monoisotopic (exact) mass is 240 g/mol. The second-order valence-electron chi connectivity index (χ2n) is 5.51. The fourth-order valence-electron chi connectivity index (χ4n) is 2.60. The van der Waals surface area contributed by atoms with Crippen LogP contribution < -0.4 is 0 Å². The zero-order valence-electron chi connectivity index (χ0n) is 11.1. The number of hydrogen-bond donors (Lipinski definition) is 0. The van der Waals surface area contributed by atoms with E-state index in [9.17, 15) is 9.59 Å². The number of rotatable bonds is 2. The first-order chi connectivity index (χ1) is 7.64. The van der Waals surface area contributed by atoms with Crippen LogP contribution in [-0.4, -0.2) is 17.7 Å². The molecule has 0 saturated heterocycles. The predicted molar refractivity (Wildman–Crippen MR) is 63.0 cm³/mol. The van der Waals surface area contributed by atoms with E-state index in [1.54, 1.807) is 6.08 Å². The highest BCUT2D eigenvalue weighted by Crippen LogP contribution is 2.42. The summed E-state index contributed by atoms with van der Waals surface area (Å²) in [6.45, 7) is 8.70. The topological polar surface area (TPSA) is 52.6 Å². The van der Waals surface area contributed by atoms with E-state index >= 15 is 0 Å². The molecule has 0 spiro atoms. The Morgan fingerprint density at radius 1 is 1.18 bits per heavy atom. The molecule has 0 aromatic heterocycles. The molecule has 0 aromatic carbocycles. The summed E-state index contributed by atoms with van der Waals surface area (Å²) in [5, 5.41) is 0. The van der Waals surface area contributed by atoms with Crippen LogP contribution in [0.2, 0.25) is 0 Å². The molecule has 0 radical (unpaired) electrons. The summed E-state index contributed by atoms with van der Waals surface area (Å²) >= 11 is 0. The summed E-state index contributed by atoms with van der Waals surface area (Å²) in [5.74, 6) is -2.13. The molecule has 0 heterocycles. The van der Waals surface area contributed by atoms with Gasteiger partial charge in [-0.1, -0.05) is 19.4 Å². The van der Waals surface area contributed by atoms with Crippen LogP contribution in [0.5, 0.6) is 0 Å². The molecule has 4 heteroatoms. The Morgan fingerprint density at radius 3 is 2.00 bits per heavy atom. The quantitative estimate of drug-likeness (QED) is 0.423. The van der Waals surface area contributed by atoms with Gasteiger partial charge in [-0.2, -0.15) is 0 Å². The molecule has 0 N–H and O–H groups in total. The van der Waals surface area contributed by atoms with Crippen molar-refractivity contribution >= 4 is 11.9 Å². The van der Waals surface area contributed by atoms with Crippen LogP contribution in [0.3, 0.4) is 0 Å². The maximum atomic E-state index is 11.2. The molecule has 1 aliphatic rings. The lowest BCUT2D eigenvalue weighted by atomic mass is 9.75. The fourth-order valence-corrected chi connectivity index (χ4v) is 2.60. The van der Waals surface area contributed by atoms with Crippen molar-refractivity contribution in [3.8, 4) is 0 Å². The molecule has 96 valence electrons. The lowest BCUT2D eigenvalue weighted by Crippen LogP contribution is -2.44. The average Bonchev–Trinajstić information content (AvgIpc) is 1.92. The normalized spacial score (nSPS) is 21.4. The zero-order chi connectivity index (χ0) is 13.3. The molecule has 1 rings (SSSR count). The first kappa shape index (κ1) is 13.7. The smallest absolute Gasteiger partial charge is 0.306 e. The highest BCUT2D eigenvalue weighted by Gasteiger charge is 2.44. The zero-order valence-corrected chi connectivity index (χ0v) is 11.1. The molecule has 0 atom stereocenters. The summed E-state index contributed by atoms with van der Waals surface area (Å²) in [6.07, 6.45) is 3.12. The highest BCUT2D eigenvalue weighted by atomic mass is 16.7. The van der Waals surface area contributed by atoms with E-state index < -0.39 is 17.7 Å². The van der Waals surface area contributed by atoms with Crippen LogP contribution in [0, 0.1) is 5.41 Å². The second-order valence-corrected chi connectivity index (χ2v) is 5.51. The first-order valence-electron chi connectivity index (χ1n) is 5.72. The maximum Gasteiger partial charge on any atom is 0.306 e.